The molecule has 0 saturated heterocycles. The standard InChI is InChI=1S/C10H9FN4O2S/c1-2-14-9(12-13-10(14)18)7-5-6(11)3-4-8(7)15(16)17/h3-5H,2H2,1H3,(H,13,18). The topological polar surface area (TPSA) is 76.8 Å². The lowest BCUT2D eigenvalue weighted by Gasteiger charge is -2.04. The van der Waals surface area contributed by atoms with E-state index in [0.29, 0.717) is 11.3 Å². The molecule has 0 amide bonds. The number of benzene rings is 1. The van der Waals surface area contributed by atoms with Crippen molar-refractivity contribution in [2.45, 2.75) is 13.5 Å². The first-order valence-corrected chi connectivity index (χ1v) is 5.55. The lowest BCUT2D eigenvalue weighted by atomic mass is 10.1. The summed E-state index contributed by atoms with van der Waals surface area (Å²) in [6, 6.07) is 3.23. The second kappa shape index (κ2) is 4.65. The predicted octanol–water partition coefficient (Wildman–Crippen LogP) is 2.67. The van der Waals surface area contributed by atoms with Crippen LogP contribution in [0.25, 0.3) is 11.4 Å². The Morgan fingerprint density at radius 2 is 2.33 bits per heavy atom. The zero-order valence-corrected chi connectivity index (χ0v) is 10.2. The van der Waals surface area contributed by atoms with Crippen LogP contribution in [0.5, 0.6) is 0 Å². The van der Waals surface area contributed by atoms with Crippen LogP contribution in [0.4, 0.5) is 10.1 Å². The zero-order chi connectivity index (χ0) is 13.3. The minimum atomic E-state index is -0.577. The highest BCUT2D eigenvalue weighted by Gasteiger charge is 2.20. The zero-order valence-electron chi connectivity index (χ0n) is 9.38. The molecule has 0 saturated carbocycles. The van der Waals surface area contributed by atoms with E-state index < -0.39 is 10.7 Å². The maximum Gasteiger partial charge on any atom is 0.280 e. The van der Waals surface area contributed by atoms with Crippen LogP contribution in [-0.2, 0) is 6.54 Å². The third kappa shape index (κ3) is 2.02. The van der Waals surface area contributed by atoms with E-state index in [1.165, 1.54) is 0 Å². The Kier molecular flexibility index (Phi) is 3.19. The average molecular weight is 268 g/mol. The number of hydrogen-bond donors (Lipinski definition) is 1. The van der Waals surface area contributed by atoms with Crippen LogP contribution in [0.3, 0.4) is 0 Å². The number of rotatable bonds is 3. The van der Waals surface area contributed by atoms with Gasteiger partial charge in [0.2, 0.25) is 0 Å². The summed E-state index contributed by atoms with van der Waals surface area (Å²) in [5.74, 6) is -0.305. The maximum atomic E-state index is 13.2. The first-order chi connectivity index (χ1) is 8.54. The fourth-order valence-electron chi connectivity index (χ4n) is 1.66. The quantitative estimate of drug-likeness (QED) is 0.527. The maximum absolute atomic E-state index is 13.2. The van der Waals surface area contributed by atoms with Gasteiger partial charge < -0.3 is 4.57 Å². The number of aromatic amines is 1. The van der Waals surface area contributed by atoms with E-state index >= 15 is 0 Å². The summed E-state index contributed by atoms with van der Waals surface area (Å²) in [6.07, 6.45) is 0. The minimum Gasteiger partial charge on any atom is -0.300 e. The number of nitro benzene ring substituents is 1. The summed E-state index contributed by atoms with van der Waals surface area (Å²) in [6.45, 7) is 2.30. The van der Waals surface area contributed by atoms with E-state index in [4.69, 9.17) is 12.2 Å². The highest BCUT2D eigenvalue weighted by molar-refractivity contribution is 7.71. The molecule has 94 valence electrons. The monoisotopic (exact) mass is 268 g/mol. The van der Waals surface area contributed by atoms with Crippen molar-refractivity contribution in [3.8, 4) is 11.4 Å². The van der Waals surface area contributed by atoms with Gasteiger partial charge in [-0.2, -0.15) is 5.10 Å². The van der Waals surface area contributed by atoms with Crippen molar-refractivity contribution in [3.63, 3.8) is 0 Å². The summed E-state index contributed by atoms with van der Waals surface area (Å²) in [7, 11) is 0. The largest absolute Gasteiger partial charge is 0.300 e. The molecule has 1 heterocycles. The lowest BCUT2D eigenvalue weighted by Crippen LogP contribution is -2.01. The molecule has 18 heavy (non-hydrogen) atoms. The van der Waals surface area contributed by atoms with Crippen molar-refractivity contribution in [1.29, 1.82) is 0 Å². The predicted molar refractivity (Wildman–Crippen MR) is 65.1 cm³/mol. The van der Waals surface area contributed by atoms with Gasteiger partial charge in [0.1, 0.15) is 5.82 Å². The van der Waals surface area contributed by atoms with E-state index in [1.54, 1.807) is 4.57 Å². The summed E-state index contributed by atoms with van der Waals surface area (Å²) < 4.78 is 15.1. The smallest absolute Gasteiger partial charge is 0.280 e. The molecule has 2 aromatic rings. The molecule has 8 heteroatoms. The molecular formula is C10H9FN4O2S. The Labute approximate surface area is 106 Å². The molecule has 0 atom stereocenters. The molecule has 2 rings (SSSR count). The first-order valence-electron chi connectivity index (χ1n) is 5.14. The summed E-state index contributed by atoms with van der Waals surface area (Å²) in [4.78, 5) is 10.3. The molecular weight excluding hydrogens is 259 g/mol. The van der Waals surface area contributed by atoms with Crippen molar-refractivity contribution in [3.05, 3.63) is 38.9 Å². The van der Waals surface area contributed by atoms with Gasteiger partial charge in [-0.15, -0.1) is 0 Å². The Morgan fingerprint density at radius 3 is 2.94 bits per heavy atom. The van der Waals surface area contributed by atoms with Gasteiger partial charge in [-0.1, -0.05) is 0 Å². The van der Waals surface area contributed by atoms with Gasteiger partial charge in [-0.05, 0) is 31.3 Å². The van der Waals surface area contributed by atoms with E-state index in [0.717, 1.165) is 18.2 Å². The lowest BCUT2D eigenvalue weighted by molar-refractivity contribution is -0.384. The van der Waals surface area contributed by atoms with Crippen LogP contribution in [-0.4, -0.2) is 19.7 Å². The minimum absolute atomic E-state index is 0.106. The van der Waals surface area contributed by atoms with Crippen molar-refractivity contribution >= 4 is 17.9 Å². The van der Waals surface area contributed by atoms with Crippen LogP contribution in [0.2, 0.25) is 0 Å². The molecule has 0 fully saturated rings. The van der Waals surface area contributed by atoms with Gasteiger partial charge in [0.05, 0.1) is 10.5 Å². The fourth-order valence-corrected chi connectivity index (χ4v) is 1.92. The third-order valence-electron chi connectivity index (χ3n) is 2.47. The van der Waals surface area contributed by atoms with E-state index in [-0.39, 0.29) is 17.1 Å². The summed E-state index contributed by atoms with van der Waals surface area (Å²) >= 11 is 5.00. The van der Waals surface area contributed by atoms with Gasteiger partial charge in [0, 0.05) is 12.6 Å². The van der Waals surface area contributed by atoms with Crippen molar-refractivity contribution in [2.24, 2.45) is 0 Å². The van der Waals surface area contributed by atoms with Crippen LogP contribution in [0, 0.1) is 20.7 Å². The van der Waals surface area contributed by atoms with Gasteiger partial charge in [0.25, 0.3) is 5.69 Å². The number of H-pyrrole nitrogens is 1. The highest BCUT2D eigenvalue weighted by Crippen LogP contribution is 2.29. The molecule has 0 unspecified atom stereocenters. The van der Waals surface area contributed by atoms with Crippen LogP contribution in [0.15, 0.2) is 18.2 Å². The second-order valence-corrected chi connectivity index (χ2v) is 3.90. The number of nitrogens with zero attached hydrogens (tertiary/aromatic N) is 3. The third-order valence-corrected chi connectivity index (χ3v) is 2.78. The average Bonchev–Trinajstić information content (AvgIpc) is 2.69. The van der Waals surface area contributed by atoms with E-state index in [2.05, 4.69) is 10.2 Å². The summed E-state index contributed by atoms with van der Waals surface area (Å²) in [5.41, 5.74) is -0.102. The first kappa shape index (κ1) is 12.4. The van der Waals surface area contributed by atoms with E-state index in [1.807, 2.05) is 6.92 Å². The normalized spacial score (nSPS) is 10.6. The Hall–Kier alpha value is -2.09. The van der Waals surface area contributed by atoms with Crippen LogP contribution >= 0.6 is 12.2 Å². The van der Waals surface area contributed by atoms with Crippen LogP contribution in [0.1, 0.15) is 6.92 Å². The molecule has 0 aliphatic heterocycles. The molecule has 1 aromatic heterocycles. The number of halogens is 1. The van der Waals surface area contributed by atoms with Crippen molar-refractivity contribution in [1.82, 2.24) is 14.8 Å². The fraction of sp³-hybridized carbons (Fsp3) is 0.200. The Bertz CT molecular complexity index is 664. The number of nitro groups is 1. The Balaban J connectivity index is 2.73. The van der Waals surface area contributed by atoms with Crippen molar-refractivity contribution < 1.29 is 9.31 Å². The van der Waals surface area contributed by atoms with Gasteiger partial charge in [-0.25, -0.2) is 4.39 Å². The molecule has 0 bridgehead atoms. The van der Waals surface area contributed by atoms with Crippen LogP contribution < -0.4 is 0 Å². The molecule has 1 N–H and O–H groups in total. The van der Waals surface area contributed by atoms with Gasteiger partial charge >= 0.3 is 0 Å². The molecule has 0 spiro atoms. The molecule has 6 nitrogen and oxygen atoms in total. The molecule has 0 aliphatic rings. The SMILES string of the molecule is CCn1c(-c2cc(F)ccc2[N+](=O)[O-])n[nH]c1=S. The summed E-state index contributed by atoms with van der Waals surface area (Å²) in [5, 5.41) is 17.4. The molecule has 0 radical (unpaired) electrons. The van der Waals surface area contributed by atoms with Gasteiger partial charge in [0.15, 0.2) is 10.6 Å². The second-order valence-electron chi connectivity index (χ2n) is 3.52. The number of hydrogen-bond acceptors (Lipinski definition) is 4. The van der Waals surface area contributed by atoms with Crippen molar-refractivity contribution in [2.75, 3.05) is 0 Å². The Morgan fingerprint density at radius 1 is 1.61 bits per heavy atom. The molecule has 1 aromatic carbocycles. The van der Waals surface area contributed by atoms with E-state index in [9.17, 15) is 14.5 Å². The number of aromatic nitrogens is 3. The molecule has 0 aliphatic carbocycles. The number of nitrogens with one attached hydrogen (secondary N) is 1. The highest BCUT2D eigenvalue weighted by atomic mass is 32.1. The van der Waals surface area contributed by atoms with Gasteiger partial charge in [-0.3, -0.25) is 15.2 Å².